The highest BCUT2D eigenvalue weighted by Gasteiger charge is 2.29. The van der Waals surface area contributed by atoms with Crippen molar-refractivity contribution in [2.75, 3.05) is 37.4 Å². The van der Waals surface area contributed by atoms with Gasteiger partial charge < -0.3 is 15.4 Å². The Hall–Kier alpha value is -3.71. The van der Waals surface area contributed by atoms with Crippen molar-refractivity contribution >= 4 is 33.9 Å². The second kappa shape index (κ2) is 12.7. The smallest absolute Gasteiger partial charge is 0.109 e. The van der Waals surface area contributed by atoms with Gasteiger partial charge >= 0.3 is 0 Å². The van der Waals surface area contributed by atoms with Crippen LogP contribution >= 0.6 is 11.6 Å². The first-order valence-electron chi connectivity index (χ1n) is 14.4. The minimum Gasteiger partial charge on any atom is -0.383 e. The number of likely N-dealkylation sites (tertiary alicyclic amines) is 1. The number of nitrogens with zero attached hydrogens (tertiary/aromatic N) is 6. The summed E-state index contributed by atoms with van der Waals surface area (Å²) in [4.78, 5) is 7.03. The highest BCUT2D eigenvalue weighted by atomic mass is 35.5. The molecule has 42 heavy (non-hydrogen) atoms. The van der Waals surface area contributed by atoms with E-state index in [1.807, 2.05) is 41.9 Å². The van der Waals surface area contributed by atoms with E-state index < -0.39 is 0 Å². The van der Waals surface area contributed by atoms with Gasteiger partial charge in [-0.2, -0.15) is 5.26 Å². The van der Waals surface area contributed by atoms with Gasteiger partial charge in [0, 0.05) is 49.1 Å². The Kier molecular flexibility index (Phi) is 8.97. The first-order chi connectivity index (χ1) is 20.2. The normalized spacial score (nSPS) is 16.2. The molecule has 2 atom stereocenters. The highest BCUT2D eigenvalue weighted by molar-refractivity contribution is 6.35. The Morgan fingerprint density at radius 3 is 2.55 bits per heavy atom. The van der Waals surface area contributed by atoms with Crippen molar-refractivity contribution in [1.82, 2.24) is 24.9 Å². The van der Waals surface area contributed by atoms with Crippen LogP contribution in [-0.2, 0) is 4.74 Å². The van der Waals surface area contributed by atoms with E-state index in [-0.39, 0.29) is 17.6 Å². The molecule has 0 radical (unpaired) electrons. The SMILES string of the molecule is COC[C@H](C)Nc1c(C#N)cnc2c(Cl)cc(N[C@@H](c3ccccc3)c3cn(C4CCN(C(C)(C)C)CC4)nn3)cc12. The number of ether oxygens (including phenoxy) is 1. The summed E-state index contributed by atoms with van der Waals surface area (Å²) in [5.41, 5.74) is 4.58. The van der Waals surface area contributed by atoms with Crippen LogP contribution in [0.4, 0.5) is 11.4 Å². The number of pyridine rings is 1. The molecule has 1 aliphatic heterocycles. The van der Waals surface area contributed by atoms with Crippen LogP contribution in [-0.4, -0.2) is 63.3 Å². The average Bonchev–Trinajstić information content (AvgIpc) is 3.46. The van der Waals surface area contributed by atoms with Crippen LogP contribution in [0.5, 0.6) is 0 Å². The molecular weight excluding hydrogens is 548 g/mol. The monoisotopic (exact) mass is 586 g/mol. The summed E-state index contributed by atoms with van der Waals surface area (Å²) in [6.45, 7) is 11.4. The molecule has 1 fully saturated rings. The Balaban J connectivity index is 1.48. The average molecular weight is 587 g/mol. The molecule has 1 aliphatic rings. The molecular formula is C32H39ClN8O. The fourth-order valence-electron chi connectivity index (χ4n) is 5.66. The van der Waals surface area contributed by atoms with Crippen molar-refractivity contribution in [3.63, 3.8) is 0 Å². The molecule has 10 heteroatoms. The molecule has 3 heterocycles. The van der Waals surface area contributed by atoms with E-state index in [0.29, 0.717) is 34.4 Å². The van der Waals surface area contributed by atoms with E-state index in [1.54, 1.807) is 13.3 Å². The molecule has 4 aromatic rings. The van der Waals surface area contributed by atoms with Gasteiger partial charge in [-0.15, -0.1) is 5.10 Å². The van der Waals surface area contributed by atoms with Crippen LogP contribution in [0.1, 0.15) is 69.4 Å². The minimum atomic E-state index is -0.265. The first-order valence-corrected chi connectivity index (χ1v) is 14.8. The Labute approximate surface area is 252 Å². The number of anilines is 2. The number of hydrogen-bond acceptors (Lipinski definition) is 8. The molecule has 0 aliphatic carbocycles. The fraction of sp³-hybridized carbons (Fsp3) is 0.438. The van der Waals surface area contributed by atoms with Crippen molar-refractivity contribution in [3.05, 3.63) is 76.7 Å². The number of benzene rings is 2. The molecule has 0 spiro atoms. The van der Waals surface area contributed by atoms with Gasteiger partial charge in [-0.3, -0.25) is 9.88 Å². The van der Waals surface area contributed by atoms with Crippen molar-refractivity contribution in [2.24, 2.45) is 0 Å². The van der Waals surface area contributed by atoms with E-state index in [1.165, 1.54) is 0 Å². The van der Waals surface area contributed by atoms with Gasteiger partial charge in [0.05, 0.1) is 46.7 Å². The van der Waals surface area contributed by atoms with E-state index in [2.05, 4.69) is 76.0 Å². The number of fused-ring (bicyclic) bond motifs is 1. The van der Waals surface area contributed by atoms with Crippen LogP contribution in [0.15, 0.2) is 54.9 Å². The number of nitrogens with one attached hydrogen (secondary N) is 2. The van der Waals surface area contributed by atoms with Crippen LogP contribution < -0.4 is 10.6 Å². The maximum absolute atomic E-state index is 9.84. The van der Waals surface area contributed by atoms with Gasteiger partial charge in [-0.1, -0.05) is 47.1 Å². The molecule has 0 bridgehead atoms. The predicted molar refractivity (Wildman–Crippen MR) is 168 cm³/mol. The molecule has 9 nitrogen and oxygen atoms in total. The molecule has 220 valence electrons. The first kappa shape index (κ1) is 29.8. The van der Waals surface area contributed by atoms with Gasteiger partial charge in [0.25, 0.3) is 0 Å². The molecule has 0 amide bonds. The lowest BCUT2D eigenvalue weighted by Gasteiger charge is -2.40. The number of nitriles is 1. The number of hydrogen-bond donors (Lipinski definition) is 2. The third-order valence-electron chi connectivity index (χ3n) is 7.91. The van der Waals surface area contributed by atoms with Crippen molar-refractivity contribution in [3.8, 4) is 6.07 Å². The zero-order valence-electron chi connectivity index (χ0n) is 24.9. The number of methoxy groups -OCH3 is 1. The summed E-state index contributed by atoms with van der Waals surface area (Å²) in [6, 6.07) is 16.3. The van der Waals surface area contributed by atoms with Gasteiger partial charge in [0.1, 0.15) is 11.8 Å². The van der Waals surface area contributed by atoms with E-state index in [4.69, 9.17) is 16.3 Å². The third-order valence-corrected chi connectivity index (χ3v) is 8.20. The molecule has 2 N–H and O–H groups in total. The van der Waals surface area contributed by atoms with E-state index in [0.717, 1.165) is 48.3 Å². The van der Waals surface area contributed by atoms with Crippen molar-refractivity contribution in [2.45, 2.75) is 64.2 Å². The molecule has 0 saturated carbocycles. The van der Waals surface area contributed by atoms with Crippen LogP contribution in [0.3, 0.4) is 0 Å². The predicted octanol–water partition coefficient (Wildman–Crippen LogP) is 6.44. The lowest BCUT2D eigenvalue weighted by atomic mass is 9.98. The third kappa shape index (κ3) is 6.51. The zero-order valence-corrected chi connectivity index (χ0v) is 25.7. The number of rotatable bonds is 9. The fourth-order valence-corrected chi connectivity index (χ4v) is 5.93. The quantitative estimate of drug-likeness (QED) is 0.231. The maximum atomic E-state index is 9.84. The Morgan fingerprint density at radius 2 is 1.88 bits per heavy atom. The number of halogens is 1. The van der Waals surface area contributed by atoms with Crippen molar-refractivity contribution in [1.29, 1.82) is 5.26 Å². The Bertz CT molecular complexity index is 1550. The van der Waals surface area contributed by atoms with Gasteiger partial charge in [-0.25, -0.2) is 4.68 Å². The second-order valence-corrected chi connectivity index (χ2v) is 12.4. The van der Waals surface area contributed by atoms with E-state index >= 15 is 0 Å². The van der Waals surface area contributed by atoms with Gasteiger partial charge in [0.2, 0.25) is 0 Å². The maximum Gasteiger partial charge on any atom is 0.109 e. The minimum absolute atomic E-state index is 0.0227. The zero-order chi connectivity index (χ0) is 29.9. The summed E-state index contributed by atoms with van der Waals surface area (Å²) < 4.78 is 7.34. The van der Waals surface area contributed by atoms with Crippen LogP contribution in [0.2, 0.25) is 5.02 Å². The largest absolute Gasteiger partial charge is 0.383 e. The lowest BCUT2D eigenvalue weighted by Crippen LogP contribution is -2.46. The summed E-state index contributed by atoms with van der Waals surface area (Å²) in [5, 5.41) is 27.4. The topological polar surface area (TPSA) is 104 Å². The summed E-state index contributed by atoms with van der Waals surface area (Å²) in [7, 11) is 1.65. The van der Waals surface area contributed by atoms with E-state index in [9.17, 15) is 5.26 Å². The number of aromatic nitrogens is 4. The van der Waals surface area contributed by atoms with Crippen LogP contribution in [0.25, 0.3) is 10.9 Å². The molecule has 1 saturated heterocycles. The van der Waals surface area contributed by atoms with Crippen molar-refractivity contribution < 1.29 is 4.74 Å². The molecule has 2 aromatic heterocycles. The number of piperidine rings is 1. The van der Waals surface area contributed by atoms with Gasteiger partial charge in [0.15, 0.2) is 0 Å². The van der Waals surface area contributed by atoms with Gasteiger partial charge in [-0.05, 0) is 58.2 Å². The van der Waals surface area contributed by atoms with Crippen LogP contribution in [0, 0.1) is 11.3 Å². The highest BCUT2D eigenvalue weighted by Crippen LogP contribution is 2.36. The standard InChI is InChI=1S/C32H39ClN8O/c1-21(20-42-5)36-29-23(17-34)18-35-31-26(29)15-24(16-27(31)33)37-30(22-9-7-6-8-10-22)28-19-41(39-38-28)25-11-13-40(14-12-25)32(2,3)4/h6-10,15-16,18-19,21,25,30,37H,11-14,20H2,1-5H3,(H,35,36)/t21-,30-/m0/s1. The second-order valence-electron chi connectivity index (χ2n) is 12.0. The Morgan fingerprint density at radius 1 is 1.14 bits per heavy atom. The summed E-state index contributed by atoms with van der Waals surface area (Å²) >= 11 is 6.78. The molecule has 5 rings (SSSR count). The summed E-state index contributed by atoms with van der Waals surface area (Å²) in [6.07, 6.45) is 5.70. The summed E-state index contributed by atoms with van der Waals surface area (Å²) in [5.74, 6) is 0. The molecule has 0 unspecified atom stereocenters. The molecule has 2 aromatic carbocycles. The lowest BCUT2D eigenvalue weighted by molar-refractivity contribution is 0.0866.